The maximum absolute atomic E-state index is 12.5. The van der Waals surface area contributed by atoms with Gasteiger partial charge in [0.2, 0.25) is 0 Å². The van der Waals surface area contributed by atoms with Crippen LogP contribution in [0.25, 0.3) is 10.9 Å². The minimum Gasteiger partial charge on any atom is -0.316 e. The lowest BCUT2D eigenvalue weighted by molar-refractivity contribution is -0.134. The van der Waals surface area contributed by atoms with Crippen molar-refractivity contribution in [3.63, 3.8) is 0 Å². The van der Waals surface area contributed by atoms with E-state index in [1.54, 1.807) is 24.4 Å². The van der Waals surface area contributed by atoms with Crippen LogP contribution >= 0.6 is 0 Å². The van der Waals surface area contributed by atoms with Crippen molar-refractivity contribution in [1.82, 2.24) is 4.98 Å². The summed E-state index contributed by atoms with van der Waals surface area (Å²) in [5.74, 6) is -1.28. The summed E-state index contributed by atoms with van der Waals surface area (Å²) in [5.41, 5.74) is 1.87. The Kier molecular flexibility index (Phi) is 4.52. The summed E-state index contributed by atoms with van der Waals surface area (Å²) in [6.07, 6.45) is 1.65. The molecule has 0 fully saturated rings. The van der Waals surface area contributed by atoms with Crippen molar-refractivity contribution in [1.29, 1.82) is 0 Å². The van der Waals surface area contributed by atoms with E-state index in [4.69, 9.17) is 0 Å². The zero-order valence-electron chi connectivity index (χ0n) is 13.3. The quantitative estimate of drug-likeness (QED) is 0.754. The molecule has 24 heavy (non-hydrogen) atoms. The standard InChI is InChI=1S/C19H17N3O2/c1-2-22(15-10-4-3-5-11-15)19(24)18(23)21-16-12-6-8-14-9-7-13-20-17(14)16/h3-13H,2H2,1H3,(H,21,23). The fourth-order valence-electron chi connectivity index (χ4n) is 2.55. The maximum atomic E-state index is 12.5. The van der Waals surface area contributed by atoms with E-state index in [2.05, 4.69) is 10.3 Å². The fraction of sp³-hybridized carbons (Fsp3) is 0.105. The van der Waals surface area contributed by atoms with Gasteiger partial charge < -0.3 is 10.2 Å². The van der Waals surface area contributed by atoms with E-state index >= 15 is 0 Å². The van der Waals surface area contributed by atoms with Crippen molar-refractivity contribution in [2.45, 2.75) is 6.92 Å². The highest BCUT2D eigenvalue weighted by atomic mass is 16.2. The van der Waals surface area contributed by atoms with E-state index in [1.807, 2.05) is 49.4 Å². The van der Waals surface area contributed by atoms with Gasteiger partial charge in [0.15, 0.2) is 0 Å². The van der Waals surface area contributed by atoms with E-state index in [1.165, 1.54) is 4.90 Å². The summed E-state index contributed by atoms with van der Waals surface area (Å²) in [5, 5.41) is 3.58. The largest absolute Gasteiger partial charge is 0.316 e. The Morgan fingerprint density at radius 1 is 1.00 bits per heavy atom. The van der Waals surface area contributed by atoms with Crippen molar-refractivity contribution in [3.8, 4) is 0 Å². The maximum Gasteiger partial charge on any atom is 0.316 e. The molecule has 0 aliphatic carbocycles. The summed E-state index contributed by atoms with van der Waals surface area (Å²) in [6.45, 7) is 2.24. The molecular weight excluding hydrogens is 302 g/mol. The number of likely N-dealkylation sites (N-methyl/N-ethyl adjacent to an activating group) is 1. The molecule has 0 atom stereocenters. The van der Waals surface area contributed by atoms with Crippen LogP contribution in [0, 0.1) is 0 Å². The lowest BCUT2D eigenvalue weighted by Crippen LogP contribution is -2.39. The molecule has 5 heteroatoms. The van der Waals surface area contributed by atoms with Crippen LogP contribution in [0.4, 0.5) is 11.4 Å². The van der Waals surface area contributed by atoms with Gasteiger partial charge in [-0.1, -0.05) is 36.4 Å². The van der Waals surface area contributed by atoms with Gasteiger partial charge in [0, 0.05) is 23.8 Å². The lowest BCUT2D eigenvalue weighted by Gasteiger charge is -2.20. The molecule has 0 aliphatic rings. The number of fused-ring (bicyclic) bond motifs is 1. The predicted molar refractivity (Wildman–Crippen MR) is 94.8 cm³/mol. The number of para-hydroxylation sites is 2. The summed E-state index contributed by atoms with van der Waals surface area (Å²) in [6, 6.07) is 18.3. The van der Waals surface area contributed by atoms with Crippen molar-refractivity contribution < 1.29 is 9.59 Å². The monoisotopic (exact) mass is 319 g/mol. The summed E-state index contributed by atoms with van der Waals surface area (Å²) in [7, 11) is 0. The second-order valence-corrected chi connectivity index (χ2v) is 5.22. The third-order valence-electron chi connectivity index (χ3n) is 3.70. The van der Waals surface area contributed by atoms with E-state index in [9.17, 15) is 9.59 Å². The molecule has 2 aromatic carbocycles. The molecule has 0 aliphatic heterocycles. The third kappa shape index (κ3) is 3.10. The summed E-state index contributed by atoms with van der Waals surface area (Å²) < 4.78 is 0. The van der Waals surface area contributed by atoms with Gasteiger partial charge in [0.1, 0.15) is 0 Å². The molecule has 2 amide bonds. The fourth-order valence-corrected chi connectivity index (χ4v) is 2.55. The van der Waals surface area contributed by atoms with Crippen molar-refractivity contribution >= 4 is 34.1 Å². The minimum atomic E-state index is -0.682. The number of carbonyl (C=O) groups is 2. The van der Waals surface area contributed by atoms with Gasteiger partial charge >= 0.3 is 11.8 Å². The normalized spacial score (nSPS) is 10.4. The number of anilines is 2. The van der Waals surface area contributed by atoms with Gasteiger partial charge in [-0.3, -0.25) is 14.6 Å². The molecule has 120 valence electrons. The van der Waals surface area contributed by atoms with Crippen LogP contribution in [0.3, 0.4) is 0 Å². The van der Waals surface area contributed by atoms with E-state index in [-0.39, 0.29) is 0 Å². The first-order valence-electron chi connectivity index (χ1n) is 7.72. The van der Waals surface area contributed by atoms with Crippen molar-refractivity contribution in [2.24, 2.45) is 0 Å². The molecule has 1 N–H and O–H groups in total. The molecule has 3 rings (SSSR count). The van der Waals surface area contributed by atoms with E-state index in [0.29, 0.717) is 23.4 Å². The van der Waals surface area contributed by atoms with Crippen LogP contribution in [0.2, 0.25) is 0 Å². The van der Waals surface area contributed by atoms with Crippen LogP contribution in [0.1, 0.15) is 6.92 Å². The molecule has 0 saturated heterocycles. The number of amides is 2. The molecule has 0 spiro atoms. The molecule has 0 saturated carbocycles. The lowest BCUT2D eigenvalue weighted by atomic mass is 10.2. The second-order valence-electron chi connectivity index (χ2n) is 5.22. The smallest absolute Gasteiger partial charge is 0.316 e. The number of carbonyl (C=O) groups excluding carboxylic acids is 2. The van der Waals surface area contributed by atoms with Gasteiger partial charge in [-0.2, -0.15) is 0 Å². The SMILES string of the molecule is CCN(C(=O)C(=O)Nc1cccc2cccnc12)c1ccccc1. The highest BCUT2D eigenvalue weighted by Crippen LogP contribution is 2.21. The average molecular weight is 319 g/mol. The molecule has 1 aromatic heterocycles. The Hall–Kier alpha value is -3.21. The highest BCUT2D eigenvalue weighted by Gasteiger charge is 2.22. The van der Waals surface area contributed by atoms with Gasteiger partial charge in [-0.05, 0) is 31.2 Å². The Morgan fingerprint density at radius 3 is 2.50 bits per heavy atom. The predicted octanol–water partition coefficient (Wildman–Crippen LogP) is 3.23. The van der Waals surface area contributed by atoms with Crippen LogP contribution < -0.4 is 10.2 Å². The van der Waals surface area contributed by atoms with Gasteiger partial charge in [-0.25, -0.2) is 0 Å². The number of nitrogens with one attached hydrogen (secondary N) is 1. The Morgan fingerprint density at radius 2 is 1.75 bits per heavy atom. The number of nitrogens with zero attached hydrogens (tertiary/aromatic N) is 2. The van der Waals surface area contributed by atoms with Crippen molar-refractivity contribution in [2.75, 3.05) is 16.8 Å². The Balaban J connectivity index is 1.84. The molecule has 1 heterocycles. The first-order valence-corrected chi connectivity index (χ1v) is 7.72. The van der Waals surface area contributed by atoms with Gasteiger partial charge in [0.05, 0.1) is 11.2 Å². The summed E-state index contributed by atoms with van der Waals surface area (Å²) in [4.78, 5) is 30.6. The van der Waals surface area contributed by atoms with E-state index in [0.717, 1.165) is 5.39 Å². The minimum absolute atomic E-state index is 0.407. The van der Waals surface area contributed by atoms with Gasteiger partial charge in [0.25, 0.3) is 0 Å². The van der Waals surface area contributed by atoms with Crippen molar-refractivity contribution in [3.05, 3.63) is 66.9 Å². The van der Waals surface area contributed by atoms with Crippen LogP contribution in [-0.4, -0.2) is 23.3 Å². The third-order valence-corrected chi connectivity index (χ3v) is 3.70. The molecule has 5 nitrogen and oxygen atoms in total. The topological polar surface area (TPSA) is 62.3 Å². The first kappa shape index (κ1) is 15.7. The number of rotatable bonds is 3. The van der Waals surface area contributed by atoms with Crippen LogP contribution in [-0.2, 0) is 9.59 Å². The van der Waals surface area contributed by atoms with Crippen LogP contribution in [0.15, 0.2) is 66.9 Å². The highest BCUT2D eigenvalue weighted by molar-refractivity contribution is 6.44. The van der Waals surface area contributed by atoms with Gasteiger partial charge in [-0.15, -0.1) is 0 Å². The zero-order chi connectivity index (χ0) is 16.9. The van der Waals surface area contributed by atoms with Crippen LogP contribution in [0.5, 0.6) is 0 Å². The van der Waals surface area contributed by atoms with E-state index < -0.39 is 11.8 Å². The number of aromatic nitrogens is 1. The average Bonchev–Trinajstić information content (AvgIpc) is 2.63. The number of pyridine rings is 1. The molecule has 3 aromatic rings. The second kappa shape index (κ2) is 6.91. The first-order chi connectivity index (χ1) is 11.7. The molecule has 0 unspecified atom stereocenters. The number of hydrogen-bond donors (Lipinski definition) is 1. The number of hydrogen-bond acceptors (Lipinski definition) is 3. The Labute approximate surface area is 139 Å². The molecule has 0 radical (unpaired) electrons. The zero-order valence-corrected chi connectivity index (χ0v) is 13.3. The summed E-state index contributed by atoms with van der Waals surface area (Å²) >= 11 is 0. The Bertz CT molecular complexity index is 873. The molecular formula is C19H17N3O2. The molecule has 0 bridgehead atoms. The number of benzene rings is 2.